The SMILES string of the molecule is COS(=O)(=O)[O-].Cc1c2c([n+](C)c3ccccc13)CCC2. The van der Waals surface area contributed by atoms with Gasteiger partial charge in [0, 0.05) is 23.4 Å². The summed E-state index contributed by atoms with van der Waals surface area (Å²) >= 11 is 0. The van der Waals surface area contributed by atoms with Crippen molar-refractivity contribution in [3.63, 3.8) is 0 Å². The van der Waals surface area contributed by atoms with E-state index in [0.29, 0.717) is 0 Å². The van der Waals surface area contributed by atoms with E-state index in [4.69, 9.17) is 0 Å². The molecular weight excluding hydrogens is 290 g/mol. The first-order chi connectivity index (χ1) is 9.85. The third-order valence-corrected chi connectivity index (χ3v) is 4.33. The predicted molar refractivity (Wildman–Crippen MR) is 78.6 cm³/mol. The van der Waals surface area contributed by atoms with Gasteiger partial charge in [-0.15, -0.1) is 0 Å². The van der Waals surface area contributed by atoms with Crippen molar-refractivity contribution >= 4 is 21.3 Å². The van der Waals surface area contributed by atoms with Crippen LogP contribution in [0.1, 0.15) is 23.2 Å². The van der Waals surface area contributed by atoms with Crippen LogP contribution in [0, 0.1) is 6.92 Å². The Balaban J connectivity index is 0.000000232. The van der Waals surface area contributed by atoms with E-state index in [1.165, 1.54) is 35.7 Å². The zero-order valence-corrected chi connectivity index (χ0v) is 13.2. The van der Waals surface area contributed by atoms with Crippen LogP contribution in [0.25, 0.3) is 10.9 Å². The number of pyridine rings is 1. The first kappa shape index (κ1) is 15.9. The maximum atomic E-state index is 9.22. The number of aromatic nitrogens is 1. The van der Waals surface area contributed by atoms with Gasteiger partial charge in [-0.1, -0.05) is 12.1 Å². The minimum Gasteiger partial charge on any atom is -0.726 e. The van der Waals surface area contributed by atoms with E-state index in [0.717, 1.165) is 7.11 Å². The van der Waals surface area contributed by atoms with Gasteiger partial charge in [-0.3, -0.25) is 4.18 Å². The number of fused-ring (bicyclic) bond motifs is 2. The third-order valence-electron chi connectivity index (χ3n) is 3.92. The number of hydrogen-bond donors (Lipinski definition) is 0. The molecule has 0 saturated heterocycles. The largest absolute Gasteiger partial charge is 0.726 e. The monoisotopic (exact) mass is 309 g/mol. The van der Waals surface area contributed by atoms with Gasteiger partial charge in [0.1, 0.15) is 7.05 Å². The molecule has 1 aliphatic rings. The molecule has 0 radical (unpaired) electrons. The Morgan fingerprint density at radius 2 is 1.86 bits per heavy atom. The Kier molecular flexibility index (Phi) is 4.61. The molecule has 3 rings (SSSR count). The summed E-state index contributed by atoms with van der Waals surface area (Å²) in [5.41, 5.74) is 6.01. The van der Waals surface area contributed by atoms with Gasteiger partial charge in [-0.25, -0.2) is 8.42 Å². The average Bonchev–Trinajstić information content (AvgIpc) is 2.94. The van der Waals surface area contributed by atoms with E-state index in [-0.39, 0.29) is 0 Å². The summed E-state index contributed by atoms with van der Waals surface area (Å²) in [4.78, 5) is 0. The molecule has 0 spiro atoms. The van der Waals surface area contributed by atoms with Crippen molar-refractivity contribution in [3.05, 3.63) is 41.1 Å². The molecule has 0 saturated carbocycles. The van der Waals surface area contributed by atoms with E-state index in [1.54, 1.807) is 11.3 Å². The van der Waals surface area contributed by atoms with Gasteiger partial charge in [0.15, 0.2) is 5.69 Å². The molecule has 0 bridgehead atoms. The zero-order valence-electron chi connectivity index (χ0n) is 12.4. The van der Waals surface area contributed by atoms with E-state index in [2.05, 4.69) is 47.0 Å². The van der Waals surface area contributed by atoms with Crippen molar-refractivity contribution in [2.24, 2.45) is 7.05 Å². The van der Waals surface area contributed by atoms with Crippen molar-refractivity contribution in [1.29, 1.82) is 0 Å². The summed E-state index contributed by atoms with van der Waals surface area (Å²) in [6.45, 7) is 2.27. The Morgan fingerprint density at radius 3 is 2.48 bits per heavy atom. The fourth-order valence-corrected chi connectivity index (χ4v) is 2.89. The number of nitrogens with zero attached hydrogens (tertiary/aromatic N) is 1. The molecule has 0 aliphatic heterocycles. The molecule has 5 nitrogen and oxygen atoms in total. The molecule has 2 aromatic rings. The number of aryl methyl sites for hydroxylation is 2. The second-order valence-corrected chi connectivity index (χ2v) is 6.20. The maximum absolute atomic E-state index is 9.22. The number of para-hydroxylation sites is 1. The standard InChI is InChI=1S/C14H16N.CH4O4S/c1-10-11-6-3-4-8-13(11)15(2)14-9-5-7-12(10)14;1-5-6(2,3)4/h3-4,6,8H,5,7,9H2,1-2H3;1H3,(H,2,3,4)/q+1;/p-1. The molecule has 0 atom stereocenters. The quantitative estimate of drug-likeness (QED) is 0.455. The van der Waals surface area contributed by atoms with Crippen LogP contribution in [0.3, 0.4) is 0 Å². The molecule has 0 fully saturated rings. The lowest BCUT2D eigenvalue weighted by Gasteiger charge is -2.07. The molecule has 0 N–H and O–H groups in total. The zero-order chi connectivity index (χ0) is 15.6. The number of benzene rings is 1. The van der Waals surface area contributed by atoms with Crippen LogP contribution in [0.2, 0.25) is 0 Å². The third kappa shape index (κ3) is 3.40. The second-order valence-electron chi connectivity index (χ2n) is 5.05. The highest BCUT2D eigenvalue weighted by molar-refractivity contribution is 7.80. The molecular formula is C15H19NO4S. The van der Waals surface area contributed by atoms with Crippen molar-refractivity contribution in [3.8, 4) is 0 Å². The van der Waals surface area contributed by atoms with Crippen molar-refractivity contribution in [2.45, 2.75) is 26.2 Å². The van der Waals surface area contributed by atoms with Gasteiger partial charge in [-0.05, 0) is 31.4 Å². The Morgan fingerprint density at radius 1 is 1.24 bits per heavy atom. The first-order valence-corrected chi connectivity index (χ1v) is 8.09. The molecule has 114 valence electrons. The fraction of sp³-hybridized carbons (Fsp3) is 0.400. The highest BCUT2D eigenvalue weighted by atomic mass is 32.3. The minimum atomic E-state index is -4.41. The van der Waals surface area contributed by atoms with Crippen LogP contribution < -0.4 is 4.57 Å². The smallest absolute Gasteiger partial charge is 0.217 e. The van der Waals surface area contributed by atoms with Gasteiger partial charge in [0.25, 0.3) is 0 Å². The summed E-state index contributed by atoms with van der Waals surface area (Å²) in [7, 11) is -1.40. The van der Waals surface area contributed by atoms with Crippen LogP contribution in [0.15, 0.2) is 24.3 Å². The molecule has 0 amide bonds. The summed E-state index contributed by atoms with van der Waals surface area (Å²) < 4.78 is 33.4. The normalized spacial score (nSPS) is 13.7. The summed E-state index contributed by atoms with van der Waals surface area (Å²) in [5, 5.41) is 1.42. The summed E-state index contributed by atoms with van der Waals surface area (Å²) in [6, 6.07) is 8.73. The molecule has 1 aromatic heterocycles. The Bertz CT molecular complexity index is 720. The fourth-order valence-electron chi connectivity index (χ4n) is 2.89. The van der Waals surface area contributed by atoms with Crippen LogP contribution >= 0.6 is 0 Å². The van der Waals surface area contributed by atoms with Gasteiger partial charge in [-0.2, -0.15) is 4.57 Å². The van der Waals surface area contributed by atoms with E-state index in [1.807, 2.05) is 0 Å². The van der Waals surface area contributed by atoms with Crippen LogP contribution in [0.5, 0.6) is 0 Å². The molecule has 1 aromatic carbocycles. The van der Waals surface area contributed by atoms with Crippen LogP contribution in [0.4, 0.5) is 0 Å². The lowest BCUT2D eigenvalue weighted by molar-refractivity contribution is -0.652. The van der Waals surface area contributed by atoms with E-state index >= 15 is 0 Å². The highest BCUT2D eigenvalue weighted by Crippen LogP contribution is 2.27. The first-order valence-electron chi connectivity index (χ1n) is 6.75. The Hall–Kier alpha value is -1.50. The molecule has 1 aliphatic carbocycles. The van der Waals surface area contributed by atoms with Crippen molar-refractivity contribution in [1.82, 2.24) is 0 Å². The lowest BCUT2D eigenvalue weighted by atomic mass is 10.0. The van der Waals surface area contributed by atoms with Gasteiger partial charge in [0.05, 0.1) is 7.11 Å². The summed E-state index contributed by atoms with van der Waals surface area (Å²) in [6.07, 6.45) is 3.83. The summed E-state index contributed by atoms with van der Waals surface area (Å²) in [5.74, 6) is 0. The number of rotatable bonds is 1. The average molecular weight is 309 g/mol. The number of hydrogen-bond acceptors (Lipinski definition) is 4. The van der Waals surface area contributed by atoms with Gasteiger partial charge < -0.3 is 4.55 Å². The molecule has 6 heteroatoms. The predicted octanol–water partition coefficient (Wildman–Crippen LogP) is 1.55. The van der Waals surface area contributed by atoms with Gasteiger partial charge >= 0.3 is 0 Å². The maximum Gasteiger partial charge on any atom is 0.217 e. The van der Waals surface area contributed by atoms with Crippen molar-refractivity contribution in [2.75, 3.05) is 7.11 Å². The molecule has 1 heterocycles. The lowest BCUT2D eigenvalue weighted by Crippen LogP contribution is -2.35. The van der Waals surface area contributed by atoms with E-state index < -0.39 is 10.4 Å². The van der Waals surface area contributed by atoms with Gasteiger partial charge in [0.2, 0.25) is 15.9 Å². The second kappa shape index (κ2) is 6.09. The molecule has 0 unspecified atom stereocenters. The van der Waals surface area contributed by atoms with Crippen LogP contribution in [-0.2, 0) is 34.5 Å². The van der Waals surface area contributed by atoms with Crippen molar-refractivity contribution < 1.29 is 21.7 Å². The molecule has 21 heavy (non-hydrogen) atoms. The van der Waals surface area contributed by atoms with E-state index in [9.17, 15) is 13.0 Å². The minimum absolute atomic E-state index is 0.808. The van der Waals surface area contributed by atoms with Crippen LogP contribution in [-0.4, -0.2) is 20.1 Å². The topological polar surface area (TPSA) is 70.3 Å². The highest BCUT2D eigenvalue weighted by Gasteiger charge is 2.25. The Labute approximate surface area is 125 Å².